The first-order valence-corrected chi connectivity index (χ1v) is 9.44. The molecular weight excluding hydrogens is 403 g/mol. The van der Waals surface area contributed by atoms with Crippen molar-refractivity contribution in [3.8, 4) is 5.75 Å². The van der Waals surface area contributed by atoms with Crippen molar-refractivity contribution in [2.45, 2.75) is 0 Å². The Labute approximate surface area is 180 Å². The SMILES string of the molecule is COC(=O)COc1ccc(N2CCN(CCN3CCNCC3)CC2)cc1.Cl.Cl. The number of nitrogens with one attached hydrogen (secondary N) is 1. The number of hydrogen-bond acceptors (Lipinski definition) is 7. The van der Waals surface area contributed by atoms with Crippen molar-refractivity contribution in [2.75, 3.05) is 84.1 Å². The van der Waals surface area contributed by atoms with Gasteiger partial charge in [0, 0.05) is 71.1 Å². The van der Waals surface area contributed by atoms with Crippen LogP contribution in [-0.2, 0) is 9.53 Å². The lowest BCUT2D eigenvalue weighted by atomic mass is 10.2. The lowest BCUT2D eigenvalue weighted by Gasteiger charge is -2.37. The van der Waals surface area contributed by atoms with Gasteiger partial charge in [0.2, 0.25) is 0 Å². The molecule has 2 heterocycles. The van der Waals surface area contributed by atoms with Crippen LogP contribution in [0.4, 0.5) is 5.69 Å². The molecule has 1 N–H and O–H groups in total. The number of rotatable bonds is 7. The fraction of sp³-hybridized carbons (Fsp3) is 0.632. The summed E-state index contributed by atoms with van der Waals surface area (Å²) >= 11 is 0. The van der Waals surface area contributed by atoms with E-state index in [0.717, 1.165) is 45.8 Å². The van der Waals surface area contributed by atoms with Crippen LogP contribution in [0.5, 0.6) is 5.75 Å². The minimum absolute atomic E-state index is 0. The highest BCUT2D eigenvalue weighted by Crippen LogP contribution is 2.20. The number of carbonyl (C=O) groups excluding carboxylic acids is 1. The highest BCUT2D eigenvalue weighted by molar-refractivity contribution is 5.85. The highest BCUT2D eigenvalue weighted by Gasteiger charge is 2.18. The fourth-order valence-corrected chi connectivity index (χ4v) is 3.40. The summed E-state index contributed by atoms with van der Waals surface area (Å²) in [7, 11) is 1.36. The molecule has 7 nitrogen and oxygen atoms in total. The van der Waals surface area contributed by atoms with Crippen LogP contribution < -0.4 is 15.0 Å². The molecule has 1 aromatic carbocycles. The van der Waals surface area contributed by atoms with Gasteiger partial charge < -0.3 is 19.7 Å². The van der Waals surface area contributed by atoms with Crippen LogP contribution in [0.25, 0.3) is 0 Å². The lowest BCUT2D eigenvalue weighted by Crippen LogP contribution is -2.50. The number of nitrogens with zero attached hydrogens (tertiary/aromatic N) is 3. The van der Waals surface area contributed by atoms with E-state index >= 15 is 0 Å². The predicted octanol–water partition coefficient (Wildman–Crippen LogP) is 1.11. The van der Waals surface area contributed by atoms with Crippen molar-refractivity contribution in [2.24, 2.45) is 0 Å². The summed E-state index contributed by atoms with van der Waals surface area (Å²) in [5.41, 5.74) is 1.21. The number of anilines is 1. The summed E-state index contributed by atoms with van der Waals surface area (Å²) in [5.74, 6) is 0.319. The van der Waals surface area contributed by atoms with Gasteiger partial charge in [0.25, 0.3) is 0 Å². The first kappa shape index (κ1) is 24.8. The molecule has 1 aromatic rings. The van der Waals surface area contributed by atoms with Crippen LogP contribution in [0.3, 0.4) is 0 Å². The third kappa shape index (κ3) is 7.64. The van der Waals surface area contributed by atoms with Crippen LogP contribution in [-0.4, -0.2) is 94.9 Å². The van der Waals surface area contributed by atoms with Crippen molar-refractivity contribution in [3.63, 3.8) is 0 Å². The molecule has 0 bridgehead atoms. The molecule has 0 radical (unpaired) electrons. The Morgan fingerprint density at radius 3 is 2.07 bits per heavy atom. The number of benzene rings is 1. The number of piperazine rings is 2. The van der Waals surface area contributed by atoms with Gasteiger partial charge in [0.1, 0.15) is 5.75 Å². The fourth-order valence-electron chi connectivity index (χ4n) is 3.40. The molecule has 0 aliphatic carbocycles. The van der Waals surface area contributed by atoms with Crippen molar-refractivity contribution < 1.29 is 14.3 Å². The number of halogens is 2. The van der Waals surface area contributed by atoms with Gasteiger partial charge in [-0.25, -0.2) is 4.79 Å². The van der Waals surface area contributed by atoms with E-state index in [-0.39, 0.29) is 37.4 Å². The lowest BCUT2D eigenvalue weighted by molar-refractivity contribution is -0.142. The van der Waals surface area contributed by atoms with Gasteiger partial charge in [-0.05, 0) is 24.3 Å². The Bertz CT molecular complexity index is 563. The zero-order valence-electron chi connectivity index (χ0n) is 16.5. The summed E-state index contributed by atoms with van der Waals surface area (Å²) in [6.45, 7) is 11.2. The molecule has 0 atom stereocenters. The molecule has 160 valence electrons. The standard InChI is InChI=1S/C19H30N4O3.2ClH/c1-25-19(24)16-26-18-4-2-17(3-5-18)23-14-12-22(13-15-23)11-10-21-8-6-20-7-9-21;;/h2-5,20H,6-16H2,1H3;2*1H. The summed E-state index contributed by atoms with van der Waals surface area (Å²) < 4.78 is 9.97. The maximum absolute atomic E-state index is 11.1. The van der Waals surface area contributed by atoms with Crippen LogP contribution >= 0.6 is 24.8 Å². The molecule has 2 aliphatic heterocycles. The van der Waals surface area contributed by atoms with E-state index in [2.05, 4.69) is 36.9 Å². The van der Waals surface area contributed by atoms with Gasteiger partial charge in [-0.2, -0.15) is 0 Å². The molecule has 28 heavy (non-hydrogen) atoms. The van der Waals surface area contributed by atoms with Gasteiger partial charge in [0.15, 0.2) is 6.61 Å². The van der Waals surface area contributed by atoms with Crippen molar-refractivity contribution >= 4 is 36.5 Å². The average molecular weight is 435 g/mol. The van der Waals surface area contributed by atoms with E-state index in [9.17, 15) is 4.79 Å². The van der Waals surface area contributed by atoms with E-state index < -0.39 is 0 Å². The van der Waals surface area contributed by atoms with E-state index in [1.165, 1.54) is 32.4 Å². The van der Waals surface area contributed by atoms with E-state index in [1.807, 2.05) is 12.1 Å². The third-order valence-electron chi connectivity index (χ3n) is 5.10. The predicted molar refractivity (Wildman–Crippen MR) is 116 cm³/mol. The Morgan fingerprint density at radius 2 is 1.50 bits per heavy atom. The topological polar surface area (TPSA) is 57.3 Å². The van der Waals surface area contributed by atoms with Gasteiger partial charge in [-0.1, -0.05) is 0 Å². The second kappa shape index (κ2) is 13.1. The van der Waals surface area contributed by atoms with Crippen LogP contribution in [0.1, 0.15) is 0 Å². The van der Waals surface area contributed by atoms with Crippen LogP contribution in [0, 0.1) is 0 Å². The molecule has 2 saturated heterocycles. The second-order valence-electron chi connectivity index (χ2n) is 6.78. The van der Waals surface area contributed by atoms with Crippen molar-refractivity contribution in [3.05, 3.63) is 24.3 Å². The molecule has 3 rings (SSSR count). The van der Waals surface area contributed by atoms with Gasteiger partial charge in [-0.3, -0.25) is 9.80 Å². The minimum Gasteiger partial charge on any atom is -0.482 e. The zero-order valence-corrected chi connectivity index (χ0v) is 18.1. The molecule has 0 saturated carbocycles. The Kier molecular flexibility index (Phi) is 11.6. The van der Waals surface area contributed by atoms with Crippen LogP contribution in [0.15, 0.2) is 24.3 Å². The number of carbonyl (C=O) groups is 1. The Balaban J connectivity index is 0.00000196. The second-order valence-corrected chi connectivity index (χ2v) is 6.78. The summed E-state index contributed by atoms with van der Waals surface area (Å²) in [6, 6.07) is 7.94. The third-order valence-corrected chi connectivity index (χ3v) is 5.10. The normalized spacial score (nSPS) is 18.0. The van der Waals surface area contributed by atoms with Gasteiger partial charge in [0.05, 0.1) is 7.11 Å². The number of methoxy groups -OCH3 is 1. The van der Waals surface area contributed by atoms with E-state index in [1.54, 1.807) is 0 Å². The number of esters is 1. The Morgan fingerprint density at radius 1 is 0.929 bits per heavy atom. The first-order chi connectivity index (χ1) is 12.7. The summed E-state index contributed by atoms with van der Waals surface area (Å²) in [5, 5.41) is 3.40. The van der Waals surface area contributed by atoms with Crippen molar-refractivity contribution in [1.29, 1.82) is 0 Å². The maximum Gasteiger partial charge on any atom is 0.343 e. The molecule has 0 unspecified atom stereocenters. The smallest absolute Gasteiger partial charge is 0.343 e. The quantitative estimate of drug-likeness (QED) is 0.644. The molecule has 2 aliphatic rings. The average Bonchev–Trinajstić information content (AvgIpc) is 2.72. The molecule has 0 amide bonds. The van der Waals surface area contributed by atoms with Crippen LogP contribution in [0.2, 0.25) is 0 Å². The zero-order chi connectivity index (χ0) is 18.2. The van der Waals surface area contributed by atoms with E-state index in [0.29, 0.717) is 5.75 Å². The molecule has 0 aromatic heterocycles. The minimum atomic E-state index is -0.369. The number of ether oxygens (including phenoxy) is 2. The molecule has 9 heteroatoms. The Hall–Kier alpha value is -1.25. The van der Waals surface area contributed by atoms with Gasteiger partial charge >= 0.3 is 5.97 Å². The van der Waals surface area contributed by atoms with Crippen molar-refractivity contribution in [1.82, 2.24) is 15.1 Å². The largest absolute Gasteiger partial charge is 0.482 e. The number of hydrogen-bond donors (Lipinski definition) is 1. The maximum atomic E-state index is 11.1. The van der Waals surface area contributed by atoms with Gasteiger partial charge in [-0.15, -0.1) is 24.8 Å². The van der Waals surface area contributed by atoms with E-state index in [4.69, 9.17) is 4.74 Å². The molecule has 0 spiro atoms. The summed E-state index contributed by atoms with van der Waals surface area (Å²) in [6.07, 6.45) is 0. The molecule has 2 fully saturated rings. The monoisotopic (exact) mass is 434 g/mol. The highest BCUT2D eigenvalue weighted by atomic mass is 35.5. The first-order valence-electron chi connectivity index (χ1n) is 9.44. The molecular formula is C19H32Cl2N4O3. The summed E-state index contributed by atoms with van der Waals surface area (Å²) in [4.78, 5) is 18.6.